The normalized spacial score (nSPS) is 18.9. The molecule has 0 saturated heterocycles. The van der Waals surface area contributed by atoms with Crippen LogP contribution in [0, 0.1) is 11.3 Å². The lowest BCUT2D eigenvalue weighted by Gasteiger charge is -2.37. The molecule has 5 nitrogen and oxygen atoms in total. The largest absolute Gasteiger partial charge is 0.316 e. The molecule has 1 aromatic heterocycles. The summed E-state index contributed by atoms with van der Waals surface area (Å²) >= 11 is 0. The molecule has 2 rings (SSSR count). The molecule has 1 aliphatic rings. The van der Waals surface area contributed by atoms with Crippen LogP contribution >= 0.6 is 0 Å². The second-order valence-electron chi connectivity index (χ2n) is 6.46. The summed E-state index contributed by atoms with van der Waals surface area (Å²) in [4.78, 5) is 1.56. The molecule has 0 aliphatic heterocycles. The maximum Gasteiger partial charge on any atom is 0.175 e. The minimum atomic E-state index is 0.343. The smallest absolute Gasteiger partial charge is 0.175 e. The second kappa shape index (κ2) is 6.46. The Kier molecular flexibility index (Phi) is 4.91. The molecule has 19 heavy (non-hydrogen) atoms. The Bertz CT molecular complexity index is 379. The summed E-state index contributed by atoms with van der Waals surface area (Å²) < 4.78 is 0. The van der Waals surface area contributed by atoms with Crippen LogP contribution in [-0.4, -0.2) is 33.3 Å². The quantitative estimate of drug-likeness (QED) is 0.854. The molecule has 0 radical (unpaired) electrons. The molecule has 0 atom stereocenters. The number of aromatic nitrogens is 4. The van der Waals surface area contributed by atoms with Crippen LogP contribution < -0.4 is 5.32 Å². The molecule has 0 amide bonds. The number of hydrogen-bond donors (Lipinski definition) is 1. The third-order valence-electron chi connectivity index (χ3n) is 4.05. The molecule has 0 spiro atoms. The lowest BCUT2D eigenvalue weighted by Crippen LogP contribution is -2.39. The monoisotopic (exact) mass is 265 g/mol. The van der Waals surface area contributed by atoms with Crippen molar-refractivity contribution in [2.75, 3.05) is 13.1 Å². The number of tetrazole rings is 1. The van der Waals surface area contributed by atoms with E-state index < -0.39 is 0 Å². The van der Waals surface area contributed by atoms with Crippen molar-refractivity contribution < 1.29 is 0 Å². The number of nitrogens with zero attached hydrogens (tertiary/aromatic N) is 4. The molecule has 5 heteroatoms. The molecule has 1 aromatic rings. The fraction of sp³-hybridized carbons (Fsp3) is 0.929. The van der Waals surface area contributed by atoms with Crippen LogP contribution in [-0.2, 0) is 13.5 Å². The van der Waals surface area contributed by atoms with Crippen molar-refractivity contribution in [1.29, 1.82) is 0 Å². The van der Waals surface area contributed by atoms with Gasteiger partial charge >= 0.3 is 0 Å². The van der Waals surface area contributed by atoms with Crippen molar-refractivity contribution in [2.24, 2.45) is 18.4 Å². The van der Waals surface area contributed by atoms with Gasteiger partial charge in [-0.05, 0) is 35.9 Å². The van der Waals surface area contributed by atoms with Gasteiger partial charge in [0.25, 0.3) is 0 Å². The van der Waals surface area contributed by atoms with E-state index in [1.54, 1.807) is 4.80 Å². The molecule has 0 aromatic carbocycles. The minimum absolute atomic E-state index is 0.343. The summed E-state index contributed by atoms with van der Waals surface area (Å²) in [7, 11) is 1.83. The fourth-order valence-electron chi connectivity index (χ4n) is 3.07. The van der Waals surface area contributed by atoms with Gasteiger partial charge in [0.15, 0.2) is 5.82 Å². The van der Waals surface area contributed by atoms with E-state index in [0.717, 1.165) is 25.3 Å². The van der Waals surface area contributed by atoms with Crippen molar-refractivity contribution in [1.82, 2.24) is 25.5 Å². The van der Waals surface area contributed by atoms with Crippen molar-refractivity contribution in [3.8, 4) is 0 Å². The molecular weight excluding hydrogens is 238 g/mol. The molecule has 1 N–H and O–H groups in total. The van der Waals surface area contributed by atoms with E-state index in [0.29, 0.717) is 11.3 Å². The molecule has 108 valence electrons. The zero-order valence-corrected chi connectivity index (χ0v) is 12.5. The zero-order chi connectivity index (χ0) is 13.7. The summed E-state index contributed by atoms with van der Waals surface area (Å²) in [6.07, 6.45) is 7.59. The summed E-state index contributed by atoms with van der Waals surface area (Å²) in [6.45, 7) is 6.69. The van der Waals surface area contributed by atoms with Crippen LogP contribution in [0.5, 0.6) is 0 Å². The second-order valence-corrected chi connectivity index (χ2v) is 6.46. The third kappa shape index (κ3) is 4.27. The Labute approximate surface area is 116 Å². The highest BCUT2D eigenvalue weighted by molar-refractivity contribution is 4.94. The van der Waals surface area contributed by atoms with Crippen LogP contribution in [0.2, 0.25) is 0 Å². The van der Waals surface area contributed by atoms with E-state index in [-0.39, 0.29) is 0 Å². The molecule has 1 heterocycles. The van der Waals surface area contributed by atoms with Crippen LogP contribution in [0.4, 0.5) is 0 Å². The van der Waals surface area contributed by atoms with Crippen molar-refractivity contribution in [3.05, 3.63) is 5.82 Å². The van der Waals surface area contributed by atoms with Crippen LogP contribution in [0.25, 0.3) is 0 Å². The number of hydrogen-bond acceptors (Lipinski definition) is 4. The molecule has 1 saturated carbocycles. The SMILES string of the molecule is CC(C)CNCC1(Cc2nnn(C)n2)CCCCC1. The first kappa shape index (κ1) is 14.4. The van der Waals surface area contributed by atoms with E-state index in [2.05, 4.69) is 34.6 Å². The van der Waals surface area contributed by atoms with Crippen molar-refractivity contribution >= 4 is 0 Å². The van der Waals surface area contributed by atoms with Gasteiger partial charge in [0.2, 0.25) is 0 Å². The van der Waals surface area contributed by atoms with E-state index in [4.69, 9.17) is 0 Å². The summed E-state index contributed by atoms with van der Waals surface area (Å²) in [5.41, 5.74) is 0.343. The average Bonchev–Trinajstić information content (AvgIpc) is 2.75. The lowest BCUT2D eigenvalue weighted by molar-refractivity contribution is 0.175. The van der Waals surface area contributed by atoms with Gasteiger partial charge in [-0.25, -0.2) is 0 Å². The third-order valence-corrected chi connectivity index (χ3v) is 4.05. The van der Waals surface area contributed by atoms with E-state index >= 15 is 0 Å². The van der Waals surface area contributed by atoms with Crippen molar-refractivity contribution in [3.63, 3.8) is 0 Å². The molecular formula is C14H27N5. The Hall–Kier alpha value is -0.970. The predicted octanol–water partition coefficient (Wildman–Crippen LogP) is 1.95. The molecule has 0 bridgehead atoms. The first-order valence-corrected chi connectivity index (χ1v) is 7.53. The van der Waals surface area contributed by atoms with Gasteiger partial charge in [-0.2, -0.15) is 4.80 Å². The van der Waals surface area contributed by atoms with E-state index in [1.807, 2.05) is 7.05 Å². The average molecular weight is 265 g/mol. The Morgan fingerprint density at radius 1 is 1.26 bits per heavy atom. The number of rotatable bonds is 6. The highest BCUT2D eigenvalue weighted by atomic mass is 15.6. The topological polar surface area (TPSA) is 55.6 Å². The van der Waals surface area contributed by atoms with Crippen molar-refractivity contribution in [2.45, 2.75) is 52.4 Å². The van der Waals surface area contributed by atoms with Gasteiger partial charge in [-0.3, -0.25) is 0 Å². The van der Waals surface area contributed by atoms with E-state index in [1.165, 1.54) is 32.1 Å². The van der Waals surface area contributed by atoms with Gasteiger partial charge in [0.1, 0.15) is 0 Å². The molecule has 1 fully saturated rings. The number of aryl methyl sites for hydroxylation is 1. The predicted molar refractivity (Wildman–Crippen MR) is 75.7 cm³/mol. The zero-order valence-electron chi connectivity index (χ0n) is 12.5. The van der Waals surface area contributed by atoms with Gasteiger partial charge in [0, 0.05) is 13.0 Å². The van der Waals surface area contributed by atoms with Crippen LogP contribution in [0.15, 0.2) is 0 Å². The van der Waals surface area contributed by atoms with E-state index in [9.17, 15) is 0 Å². The minimum Gasteiger partial charge on any atom is -0.316 e. The number of nitrogens with one attached hydrogen (secondary N) is 1. The lowest BCUT2D eigenvalue weighted by atomic mass is 9.71. The van der Waals surface area contributed by atoms with Gasteiger partial charge in [-0.15, -0.1) is 10.2 Å². The van der Waals surface area contributed by atoms with Crippen LogP contribution in [0.1, 0.15) is 51.8 Å². The molecule has 1 aliphatic carbocycles. The Morgan fingerprint density at radius 2 is 2.00 bits per heavy atom. The summed E-state index contributed by atoms with van der Waals surface area (Å²) in [5.74, 6) is 1.60. The summed E-state index contributed by atoms with van der Waals surface area (Å²) in [5, 5.41) is 16.1. The highest BCUT2D eigenvalue weighted by Crippen LogP contribution is 2.38. The Balaban J connectivity index is 1.97. The Morgan fingerprint density at radius 3 is 2.58 bits per heavy atom. The van der Waals surface area contributed by atoms with Gasteiger partial charge < -0.3 is 5.32 Å². The standard InChI is InChI=1S/C14H27N5/c1-12(2)10-15-11-14(7-5-4-6-8-14)9-13-16-18-19(3)17-13/h12,15H,4-11H2,1-3H3. The fourth-order valence-corrected chi connectivity index (χ4v) is 3.07. The van der Waals surface area contributed by atoms with Crippen LogP contribution in [0.3, 0.4) is 0 Å². The first-order valence-electron chi connectivity index (χ1n) is 7.53. The maximum absolute atomic E-state index is 4.36. The van der Waals surface area contributed by atoms with Gasteiger partial charge in [-0.1, -0.05) is 33.1 Å². The summed E-state index contributed by atoms with van der Waals surface area (Å²) in [6, 6.07) is 0. The molecule has 0 unspecified atom stereocenters. The first-order chi connectivity index (χ1) is 9.10. The van der Waals surface area contributed by atoms with Gasteiger partial charge in [0.05, 0.1) is 7.05 Å². The highest BCUT2D eigenvalue weighted by Gasteiger charge is 2.33. The maximum atomic E-state index is 4.36.